The molecule has 3 aromatic rings. The van der Waals surface area contributed by atoms with Gasteiger partial charge < -0.3 is 34.7 Å². The summed E-state index contributed by atoms with van der Waals surface area (Å²) in [6, 6.07) is 13.6. The van der Waals surface area contributed by atoms with E-state index in [0.717, 1.165) is 16.7 Å². The number of aliphatic hydroxyl groups is 1. The zero-order valence-corrected chi connectivity index (χ0v) is 30.3. The molecular formula is C37H45ClFN5O8. The predicted molar refractivity (Wildman–Crippen MR) is 189 cm³/mol. The van der Waals surface area contributed by atoms with Crippen molar-refractivity contribution in [3.63, 3.8) is 0 Å². The molecule has 2 aliphatic heterocycles. The van der Waals surface area contributed by atoms with Crippen LogP contribution in [0, 0.1) is 17.2 Å². The number of methoxy groups -OCH3 is 1. The van der Waals surface area contributed by atoms with Crippen molar-refractivity contribution in [1.82, 2.24) is 26.1 Å². The van der Waals surface area contributed by atoms with Crippen molar-refractivity contribution >= 4 is 29.7 Å². The molecule has 3 heterocycles. The number of rotatable bonds is 13. The first-order chi connectivity index (χ1) is 24.8. The topological polar surface area (TPSA) is 161 Å². The van der Waals surface area contributed by atoms with Crippen LogP contribution < -0.4 is 16.1 Å². The van der Waals surface area contributed by atoms with Crippen molar-refractivity contribution in [1.29, 1.82) is 0 Å². The fourth-order valence-electron chi connectivity index (χ4n) is 6.22. The Hall–Kier alpha value is -4.34. The number of carbonyl (C=O) groups is 3. The summed E-state index contributed by atoms with van der Waals surface area (Å²) >= 11 is 6.06. The standard InChI is InChI=1S/C37H45ClFN5O8/c1-37(2,3)32(42-35(47)49-4)33(46)41-29(17-22-7-10-24(11-8-22)25-6-5-14-40-18-25)30(45)20-44(19-23-9-12-28(39)27(38)16-23)43-36(48)52-31-21-51-34-26(31)13-15-50-34/h5-12,14,16,18,26,29-32,34,45H,13,15,17,19-21H2,1-4H3,(H,41,46)(H,42,47)(H,43,48). The number of alkyl carbamates (subject to hydrolysis) is 1. The Morgan fingerprint density at radius 3 is 2.48 bits per heavy atom. The molecule has 280 valence electrons. The first-order valence-corrected chi connectivity index (χ1v) is 17.4. The Bertz CT molecular complexity index is 1680. The zero-order chi connectivity index (χ0) is 37.4. The van der Waals surface area contributed by atoms with E-state index in [4.69, 9.17) is 30.5 Å². The van der Waals surface area contributed by atoms with Gasteiger partial charge in [-0.1, -0.05) is 68.8 Å². The maximum Gasteiger partial charge on any atom is 0.422 e. The molecule has 2 fully saturated rings. The SMILES string of the molecule is COC(=O)NC(C(=O)NC(Cc1ccc(-c2cccnc2)cc1)C(O)CN(Cc1ccc(F)c(Cl)c1)NC(=O)OC1COC2OCCC12)C(C)(C)C. The molecule has 6 atom stereocenters. The number of fused-ring (bicyclic) bond motifs is 1. The lowest BCUT2D eigenvalue weighted by atomic mass is 9.85. The highest BCUT2D eigenvalue weighted by Gasteiger charge is 2.44. The van der Waals surface area contributed by atoms with E-state index in [1.54, 1.807) is 33.2 Å². The van der Waals surface area contributed by atoms with E-state index in [1.807, 2.05) is 36.4 Å². The van der Waals surface area contributed by atoms with Crippen molar-refractivity contribution in [3.05, 3.63) is 89.0 Å². The van der Waals surface area contributed by atoms with E-state index in [-0.39, 0.29) is 37.1 Å². The Kier molecular flexibility index (Phi) is 13.0. The lowest BCUT2D eigenvalue weighted by molar-refractivity contribution is -0.127. The zero-order valence-electron chi connectivity index (χ0n) is 29.5. The van der Waals surface area contributed by atoms with Crippen molar-refractivity contribution in [2.75, 3.05) is 26.9 Å². The highest BCUT2D eigenvalue weighted by Crippen LogP contribution is 2.33. The van der Waals surface area contributed by atoms with Crippen LogP contribution in [0.5, 0.6) is 0 Å². The average molecular weight is 742 g/mol. The van der Waals surface area contributed by atoms with Gasteiger partial charge in [-0.3, -0.25) is 15.2 Å². The van der Waals surface area contributed by atoms with Gasteiger partial charge in [0, 0.05) is 25.5 Å². The van der Waals surface area contributed by atoms with Crippen molar-refractivity contribution in [3.8, 4) is 11.1 Å². The van der Waals surface area contributed by atoms with Crippen LogP contribution in [0.1, 0.15) is 38.3 Å². The minimum atomic E-state index is -1.29. The highest BCUT2D eigenvalue weighted by atomic mass is 35.5. The van der Waals surface area contributed by atoms with Crippen LogP contribution in [-0.4, -0.2) is 90.6 Å². The third kappa shape index (κ3) is 10.4. The molecule has 2 aromatic carbocycles. The first-order valence-electron chi connectivity index (χ1n) is 17.0. The smallest absolute Gasteiger partial charge is 0.422 e. The number of halogens is 2. The molecular weight excluding hydrogens is 697 g/mol. The number of nitrogens with one attached hydrogen (secondary N) is 3. The Balaban J connectivity index is 1.38. The van der Waals surface area contributed by atoms with Gasteiger partial charge in [-0.25, -0.2) is 19.0 Å². The fraction of sp³-hybridized carbons (Fsp3) is 0.459. The summed E-state index contributed by atoms with van der Waals surface area (Å²) in [6.07, 6.45) is 0.489. The highest BCUT2D eigenvalue weighted by molar-refractivity contribution is 6.30. The first kappa shape index (κ1) is 38.9. The number of pyridine rings is 1. The lowest BCUT2D eigenvalue weighted by Gasteiger charge is -2.34. The number of nitrogens with zero attached hydrogens (tertiary/aromatic N) is 2. The summed E-state index contributed by atoms with van der Waals surface area (Å²) in [5.41, 5.74) is 5.16. The minimum Gasteiger partial charge on any atom is -0.453 e. The maximum atomic E-state index is 14.0. The molecule has 15 heteroatoms. The van der Waals surface area contributed by atoms with Gasteiger partial charge in [0.15, 0.2) is 6.29 Å². The lowest BCUT2D eigenvalue weighted by Crippen LogP contribution is -2.59. The second-order valence-corrected chi connectivity index (χ2v) is 14.4. The number of amides is 3. The van der Waals surface area contributed by atoms with Gasteiger partial charge in [0.05, 0.1) is 43.4 Å². The van der Waals surface area contributed by atoms with Crippen LogP contribution in [0.15, 0.2) is 67.0 Å². The number of hydrogen-bond donors (Lipinski definition) is 4. The molecule has 0 spiro atoms. The molecule has 1 aromatic heterocycles. The van der Waals surface area contributed by atoms with Crippen LogP contribution >= 0.6 is 11.6 Å². The number of benzene rings is 2. The average Bonchev–Trinajstić information content (AvgIpc) is 3.73. The van der Waals surface area contributed by atoms with Crippen molar-refractivity contribution in [2.24, 2.45) is 11.3 Å². The third-order valence-electron chi connectivity index (χ3n) is 9.03. The van der Waals surface area contributed by atoms with Gasteiger partial charge in [0.2, 0.25) is 5.91 Å². The van der Waals surface area contributed by atoms with Crippen LogP contribution in [0.4, 0.5) is 14.0 Å². The summed E-state index contributed by atoms with van der Waals surface area (Å²) in [7, 11) is 1.20. The van der Waals surface area contributed by atoms with E-state index in [2.05, 4.69) is 21.0 Å². The summed E-state index contributed by atoms with van der Waals surface area (Å²) in [5.74, 6) is -1.25. The predicted octanol–water partition coefficient (Wildman–Crippen LogP) is 4.60. The van der Waals surface area contributed by atoms with E-state index in [9.17, 15) is 23.9 Å². The van der Waals surface area contributed by atoms with Crippen molar-refractivity contribution < 1.29 is 42.8 Å². The maximum absolute atomic E-state index is 14.0. The van der Waals surface area contributed by atoms with Crippen LogP contribution in [0.3, 0.4) is 0 Å². The molecule has 3 amide bonds. The Morgan fingerprint density at radius 1 is 1.06 bits per heavy atom. The van der Waals surface area contributed by atoms with Gasteiger partial charge >= 0.3 is 12.2 Å². The number of ether oxygens (including phenoxy) is 4. The Morgan fingerprint density at radius 2 is 1.81 bits per heavy atom. The van der Waals surface area contributed by atoms with Gasteiger partial charge in [-0.05, 0) is 58.7 Å². The summed E-state index contributed by atoms with van der Waals surface area (Å²) < 4.78 is 35.6. The summed E-state index contributed by atoms with van der Waals surface area (Å²) in [4.78, 5) is 43.5. The van der Waals surface area contributed by atoms with Gasteiger partial charge in [-0.15, -0.1) is 0 Å². The number of aromatic nitrogens is 1. The third-order valence-corrected chi connectivity index (χ3v) is 9.32. The number of carbonyl (C=O) groups excluding carboxylic acids is 3. The monoisotopic (exact) mass is 741 g/mol. The van der Waals surface area contributed by atoms with E-state index in [0.29, 0.717) is 18.6 Å². The number of hydrogen-bond acceptors (Lipinski definition) is 10. The quantitative estimate of drug-likeness (QED) is 0.182. The molecule has 0 bridgehead atoms. The normalized spacial score (nSPS) is 20.0. The van der Waals surface area contributed by atoms with Crippen LogP contribution in [-0.2, 0) is 36.7 Å². The van der Waals surface area contributed by atoms with E-state index < -0.39 is 59.9 Å². The number of hydrazine groups is 1. The van der Waals surface area contributed by atoms with E-state index >= 15 is 0 Å². The molecule has 2 aliphatic rings. The van der Waals surface area contributed by atoms with Gasteiger partial charge in [0.1, 0.15) is 18.0 Å². The van der Waals surface area contributed by atoms with Gasteiger partial charge in [-0.2, -0.15) is 0 Å². The second-order valence-electron chi connectivity index (χ2n) is 14.0. The summed E-state index contributed by atoms with van der Waals surface area (Å²) in [6.45, 7) is 5.84. The largest absolute Gasteiger partial charge is 0.453 e. The molecule has 0 radical (unpaired) electrons. The Labute approximate surface area is 307 Å². The van der Waals surface area contributed by atoms with Gasteiger partial charge in [0.25, 0.3) is 0 Å². The van der Waals surface area contributed by atoms with Crippen LogP contribution in [0.25, 0.3) is 11.1 Å². The molecule has 2 saturated heterocycles. The molecule has 13 nitrogen and oxygen atoms in total. The number of aliphatic hydroxyl groups excluding tert-OH is 1. The summed E-state index contributed by atoms with van der Waals surface area (Å²) in [5, 5.41) is 18.7. The fourth-order valence-corrected chi connectivity index (χ4v) is 6.43. The van der Waals surface area contributed by atoms with Crippen LogP contribution in [0.2, 0.25) is 5.02 Å². The second kappa shape index (κ2) is 17.5. The minimum absolute atomic E-state index is 0.00250. The van der Waals surface area contributed by atoms with E-state index in [1.165, 1.54) is 30.3 Å². The molecule has 0 aliphatic carbocycles. The molecule has 0 saturated carbocycles. The van der Waals surface area contributed by atoms with Crippen molar-refractivity contribution in [2.45, 2.75) is 70.7 Å². The molecule has 6 unspecified atom stereocenters. The molecule has 52 heavy (non-hydrogen) atoms. The molecule has 4 N–H and O–H groups in total. The molecule has 5 rings (SSSR count).